The molecule has 0 aromatic heterocycles. The van der Waals surface area contributed by atoms with Crippen molar-refractivity contribution >= 4 is 27.5 Å². The summed E-state index contributed by atoms with van der Waals surface area (Å²) in [5, 5.41) is 2.74. The maximum absolute atomic E-state index is 12.6. The smallest absolute Gasteiger partial charge is 0.257 e. The van der Waals surface area contributed by atoms with Crippen molar-refractivity contribution in [1.29, 1.82) is 0 Å². The van der Waals surface area contributed by atoms with E-state index in [0.717, 1.165) is 0 Å². The lowest BCUT2D eigenvalue weighted by atomic mass is 10.1. The summed E-state index contributed by atoms with van der Waals surface area (Å²) in [6.07, 6.45) is 0. The van der Waals surface area contributed by atoms with E-state index < -0.39 is 15.9 Å². The van der Waals surface area contributed by atoms with Crippen LogP contribution in [0.1, 0.15) is 34.6 Å². The number of nitrogens with one attached hydrogen (secondary N) is 1. The van der Waals surface area contributed by atoms with Gasteiger partial charge in [0.05, 0.1) is 17.0 Å². The van der Waals surface area contributed by atoms with E-state index in [1.165, 1.54) is 28.6 Å². The maximum atomic E-state index is 12.6. The van der Waals surface area contributed by atoms with E-state index in [-0.39, 0.29) is 10.8 Å². The number of likely N-dealkylation sites (N-methyl/N-ethyl adjacent to an activating group) is 1. The molecular weight excluding hydrogens is 406 g/mol. The Kier molecular flexibility index (Phi) is 6.42. The van der Waals surface area contributed by atoms with Gasteiger partial charge in [-0.15, -0.1) is 0 Å². The maximum Gasteiger partial charge on any atom is 0.257 e. The molecule has 3 rings (SSSR count). The zero-order valence-corrected chi connectivity index (χ0v) is 18.0. The van der Waals surface area contributed by atoms with E-state index in [1.807, 2.05) is 0 Å². The van der Waals surface area contributed by atoms with Crippen LogP contribution in [0.4, 0.5) is 5.69 Å². The molecule has 0 spiro atoms. The van der Waals surface area contributed by atoms with Crippen LogP contribution in [0.5, 0.6) is 5.75 Å². The Balaban J connectivity index is 1.79. The largest absolute Gasteiger partial charge is 0.491 e. The zero-order chi connectivity index (χ0) is 21.9. The summed E-state index contributed by atoms with van der Waals surface area (Å²) in [4.78, 5) is 26.8. The number of hydrogen-bond acceptors (Lipinski definition) is 5. The van der Waals surface area contributed by atoms with E-state index in [0.29, 0.717) is 48.8 Å². The van der Waals surface area contributed by atoms with E-state index in [9.17, 15) is 18.0 Å². The Hall–Kier alpha value is -2.91. The standard InChI is InChI=1S/C21H25N3O5S/c1-4-24(5-2)30(27,28)17-9-6-15(7-10-17)20(25)22-16-8-11-19-18(14-16)21(26)23(3)12-13-29-19/h6-11,14H,4-5,12-13H2,1-3H3,(H,22,25). The quantitative estimate of drug-likeness (QED) is 0.758. The molecule has 1 N–H and O–H groups in total. The highest BCUT2D eigenvalue weighted by atomic mass is 32.2. The third-order valence-electron chi connectivity index (χ3n) is 4.96. The molecule has 9 heteroatoms. The van der Waals surface area contributed by atoms with Crippen LogP contribution in [-0.2, 0) is 10.0 Å². The number of sulfonamides is 1. The van der Waals surface area contributed by atoms with Gasteiger partial charge in [0.15, 0.2) is 0 Å². The number of carbonyl (C=O) groups is 2. The Bertz CT molecular complexity index is 1050. The van der Waals surface area contributed by atoms with Gasteiger partial charge in [0.2, 0.25) is 10.0 Å². The molecule has 0 aliphatic carbocycles. The van der Waals surface area contributed by atoms with Crippen LogP contribution in [0.3, 0.4) is 0 Å². The first-order valence-electron chi connectivity index (χ1n) is 9.71. The van der Waals surface area contributed by atoms with Crippen LogP contribution < -0.4 is 10.1 Å². The number of anilines is 1. The molecule has 0 saturated heterocycles. The number of fused-ring (bicyclic) bond motifs is 1. The van der Waals surface area contributed by atoms with Crippen LogP contribution >= 0.6 is 0 Å². The van der Waals surface area contributed by atoms with Crippen LogP contribution in [-0.4, -0.2) is 62.7 Å². The Morgan fingerprint density at radius 2 is 1.80 bits per heavy atom. The number of carbonyl (C=O) groups excluding carboxylic acids is 2. The number of amides is 2. The van der Waals surface area contributed by atoms with Gasteiger partial charge in [-0.2, -0.15) is 4.31 Å². The van der Waals surface area contributed by atoms with Crippen LogP contribution in [0, 0.1) is 0 Å². The molecule has 30 heavy (non-hydrogen) atoms. The predicted octanol–water partition coefficient (Wildman–Crippen LogP) is 2.43. The number of hydrogen-bond donors (Lipinski definition) is 1. The molecule has 0 unspecified atom stereocenters. The summed E-state index contributed by atoms with van der Waals surface area (Å²) in [7, 11) is -1.89. The lowest BCUT2D eigenvalue weighted by Crippen LogP contribution is -2.30. The molecule has 0 bridgehead atoms. The molecule has 2 amide bonds. The van der Waals surface area contributed by atoms with Gasteiger partial charge in [0, 0.05) is 31.4 Å². The molecule has 0 radical (unpaired) electrons. The molecule has 1 aliphatic rings. The molecule has 2 aromatic carbocycles. The van der Waals surface area contributed by atoms with Gasteiger partial charge in [0.1, 0.15) is 12.4 Å². The summed E-state index contributed by atoms with van der Waals surface area (Å²) >= 11 is 0. The average Bonchev–Trinajstić information content (AvgIpc) is 2.87. The second-order valence-corrected chi connectivity index (χ2v) is 8.79. The fraction of sp³-hybridized carbons (Fsp3) is 0.333. The van der Waals surface area contributed by atoms with E-state index >= 15 is 0 Å². The Morgan fingerprint density at radius 1 is 1.13 bits per heavy atom. The van der Waals surface area contributed by atoms with Crippen molar-refractivity contribution in [1.82, 2.24) is 9.21 Å². The second kappa shape index (κ2) is 8.85. The van der Waals surface area contributed by atoms with Gasteiger partial charge >= 0.3 is 0 Å². The highest BCUT2D eigenvalue weighted by Crippen LogP contribution is 2.26. The van der Waals surface area contributed by atoms with Crippen LogP contribution in [0.15, 0.2) is 47.4 Å². The van der Waals surface area contributed by atoms with E-state index in [4.69, 9.17) is 4.74 Å². The van der Waals surface area contributed by atoms with Gasteiger partial charge in [-0.1, -0.05) is 13.8 Å². The monoisotopic (exact) mass is 431 g/mol. The van der Waals surface area contributed by atoms with Crippen molar-refractivity contribution in [3.05, 3.63) is 53.6 Å². The fourth-order valence-corrected chi connectivity index (χ4v) is 4.65. The summed E-state index contributed by atoms with van der Waals surface area (Å²) in [6, 6.07) is 10.7. The normalized spacial score (nSPS) is 14.1. The van der Waals surface area contributed by atoms with Crippen LogP contribution in [0.2, 0.25) is 0 Å². The minimum atomic E-state index is -3.58. The summed E-state index contributed by atoms with van der Waals surface area (Å²) in [5.41, 5.74) is 1.14. The second-order valence-electron chi connectivity index (χ2n) is 6.85. The summed E-state index contributed by atoms with van der Waals surface area (Å²) in [5.74, 6) is -0.102. The number of rotatable bonds is 6. The number of nitrogens with zero attached hydrogens (tertiary/aromatic N) is 2. The van der Waals surface area contributed by atoms with Gasteiger partial charge < -0.3 is 15.0 Å². The molecule has 0 saturated carbocycles. The first kappa shape index (κ1) is 21.8. The highest BCUT2D eigenvalue weighted by molar-refractivity contribution is 7.89. The first-order valence-corrected chi connectivity index (χ1v) is 11.2. The molecule has 0 fully saturated rings. The molecule has 8 nitrogen and oxygen atoms in total. The Morgan fingerprint density at radius 3 is 2.43 bits per heavy atom. The molecule has 160 valence electrons. The average molecular weight is 432 g/mol. The van der Waals surface area contributed by atoms with E-state index in [2.05, 4.69) is 5.32 Å². The Labute approximate surface area is 176 Å². The topological polar surface area (TPSA) is 96.0 Å². The fourth-order valence-electron chi connectivity index (χ4n) is 3.19. The zero-order valence-electron chi connectivity index (χ0n) is 17.2. The van der Waals surface area contributed by atoms with Crippen molar-refractivity contribution in [2.24, 2.45) is 0 Å². The van der Waals surface area contributed by atoms with Gasteiger partial charge in [-0.05, 0) is 42.5 Å². The third-order valence-corrected chi connectivity index (χ3v) is 7.02. The van der Waals surface area contributed by atoms with Crippen LogP contribution in [0.25, 0.3) is 0 Å². The first-order chi connectivity index (χ1) is 14.3. The number of benzene rings is 2. The SMILES string of the molecule is CCN(CC)S(=O)(=O)c1ccc(C(=O)Nc2ccc3c(c2)C(=O)N(C)CCO3)cc1. The minimum Gasteiger partial charge on any atom is -0.491 e. The molecule has 0 atom stereocenters. The summed E-state index contributed by atoms with van der Waals surface area (Å²) < 4.78 is 32.1. The summed E-state index contributed by atoms with van der Waals surface area (Å²) in [6.45, 7) is 5.18. The van der Waals surface area contributed by atoms with Crippen molar-refractivity contribution < 1.29 is 22.7 Å². The van der Waals surface area contributed by atoms with Gasteiger partial charge in [-0.25, -0.2) is 8.42 Å². The van der Waals surface area contributed by atoms with Crippen molar-refractivity contribution in [3.63, 3.8) is 0 Å². The molecule has 1 aliphatic heterocycles. The molecular formula is C21H25N3O5S. The highest BCUT2D eigenvalue weighted by Gasteiger charge is 2.23. The lowest BCUT2D eigenvalue weighted by Gasteiger charge is -2.18. The third kappa shape index (κ3) is 4.31. The molecule has 2 aromatic rings. The molecule has 1 heterocycles. The lowest BCUT2D eigenvalue weighted by molar-refractivity contribution is 0.0796. The number of ether oxygens (including phenoxy) is 1. The van der Waals surface area contributed by atoms with Crippen molar-refractivity contribution in [2.45, 2.75) is 18.7 Å². The van der Waals surface area contributed by atoms with Gasteiger partial charge in [0.25, 0.3) is 11.8 Å². The minimum absolute atomic E-state index is 0.138. The van der Waals surface area contributed by atoms with E-state index in [1.54, 1.807) is 44.0 Å². The van der Waals surface area contributed by atoms with Crippen molar-refractivity contribution in [2.75, 3.05) is 38.6 Å². The predicted molar refractivity (Wildman–Crippen MR) is 113 cm³/mol. The van der Waals surface area contributed by atoms with Crippen molar-refractivity contribution in [3.8, 4) is 5.75 Å². The van der Waals surface area contributed by atoms with Gasteiger partial charge in [-0.3, -0.25) is 9.59 Å².